The first kappa shape index (κ1) is 16.9. The van der Waals surface area contributed by atoms with E-state index in [0.29, 0.717) is 25.4 Å². The van der Waals surface area contributed by atoms with Crippen LogP contribution in [0.5, 0.6) is 5.75 Å². The number of aliphatic hydroxyl groups excluding tert-OH is 1. The summed E-state index contributed by atoms with van der Waals surface area (Å²) in [6.07, 6.45) is 3.10. The molecule has 24 heavy (non-hydrogen) atoms. The third-order valence-electron chi connectivity index (χ3n) is 3.90. The molecule has 2 atom stereocenters. The number of hydrogen-bond donors (Lipinski definition) is 1. The average molecular weight is 335 g/mol. The first-order valence-electron chi connectivity index (χ1n) is 8.07. The molecule has 1 N–H and O–H groups in total. The molecular formula is C17H22FN3O3. The highest BCUT2D eigenvalue weighted by Crippen LogP contribution is 2.12. The molecule has 1 aliphatic heterocycles. The van der Waals surface area contributed by atoms with Gasteiger partial charge < -0.3 is 14.6 Å². The Morgan fingerprint density at radius 3 is 2.96 bits per heavy atom. The van der Waals surface area contributed by atoms with Crippen molar-refractivity contribution in [2.45, 2.75) is 18.8 Å². The number of halogens is 1. The van der Waals surface area contributed by atoms with Gasteiger partial charge in [-0.05, 0) is 30.3 Å². The fourth-order valence-electron chi connectivity index (χ4n) is 2.75. The lowest BCUT2D eigenvalue weighted by atomic mass is 10.2. The maximum Gasteiger partial charge on any atom is 0.123 e. The van der Waals surface area contributed by atoms with Crippen LogP contribution in [0, 0.1) is 5.82 Å². The lowest BCUT2D eigenvalue weighted by Gasteiger charge is -2.33. The Balaban J connectivity index is 1.41. The van der Waals surface area contributed by atoms with E-state index < -0.39 is 6.10 Å². The lowest BCUT2D eigenvalue weighted by molar-refractivity contribution is -0.0517. The molecule has 1 aromatic heterocycles. The van der Waals surface area contributed by atoms with Crippen molar-refractivity contribution in [2.75, 3.05) is 32.8 Å². The molecule has 0 radical (unpaired) electrons. The minimum Gasteiger partial charge on any atom is -0.491 e. The number of hydrogen-bond acceptors (Lipinski definition) is 5. The van der Waals surface area contributed by atoms with E-state index in [9.17, 15) is 9.50 Å². The van der Waals surface area contributed by atoms with Gasteiger partial charge in [0, 0.05) is 32.0 Å². The normalized spacial score (nSPS) is 20.0. The van der Waals surface area contributed by atoms with E-state index in [1.807, 2.05) is 16.9 Å². The number of nitrogens with zero attached hydrogens (tertiary/aromatic N) is 3. The van der Waals surface area contributed by atoms with Crippen LogP contribution in [0.15, 0.2) is 42.7 Å². The van der Waals surface area contributed by atoms with E-state index in [4.69, 9.17) is 9.47 Å². The third kappa shape index (κ3) is 5.02. The van der Waals surface area contributed by atoms with Crippen molar-refractivity contribution < 1.29 is 19.0 Å². The van der Waals surface area contributed by atoms with Crippen LogP contribution in [0.25, 0.3) is 0 Å². The number of rotatable bonds is 7. The summed E-state index contributed by atoms with van der Waals surface area (Å²) < 4.78 is 25.9. The van der Waals surface area contributed by atoms with E-state index in [1.54, 1.807) is 18.3 Å². The number of aromatic nitrogens is 2. The van der Waals surface area contributed by atoms with E-state index in [0.717, 1.165) is 13.1 Å². The summed E-state index contributed by atoms with van der Waals surface area (Å²) >= 11 is 0. The third-order valence-corrected chi connectivity index (χ3v) is 3.90. The van der Waals surface area contributed by atoms with Crippen LogP contribution in [0.2, 0.25) is 0 Å². The van der Waals surface area contributed by atoms with Crippen molar-refractivity contribution in [3.63, 3.8) is 0 Å². The second-order valence-corrected chi connectivity index (χ2v) is 5.90. The molecule has 2 aromatic rings. The molecule has 0 unspecified atom stereocenters. The second kappa shape index (κ2) is 8.23. The average Bonchev–Trinajstić information content (AvgIpc) is 3.08. The Bertz CT molecular complexity index is 606. The Kier molecular flexibility index (Phi) is 5.79. The molecule has 0 spiro atoms. The topological polar surface area (TPSA) is 59.8 Å². The van der Waals surface area contributed by atoms with E-state index in [2.05, 4.69) is 10.00 Å². The summed E-state index contributed by atoms with van der Waals surface area (Å²) in [7, 11) is 0. The van der Waals surface area contributed by atoms with Crippen LogP contribution in [0.1, 0.15) is 0 Å². The zero-order valence-corrected chi connectivity index (χ0v) is 13.4. The summed E-state index contributed by atoms with van der Waals surface area (Å²) in [5.41, 5.74) is 0. The van der Waals surface area contributed by atoms with Crippen molar-refractivity contribution in [1.82, 2.24) is 14.7 Å². The number of β-amino-alcohol motifs (C(OH)–C–C–N with tert-alkyl or cyclic N) is 1. The van der Waals surface area contributed by atoms with E-state index >= 15 is 0 Å². The van der Waals surface area contributed by atoms with Crippen LogP contribution >= 0.6 is 0 Å². The molecule has 0 saturated carbocycles. The molecule has 1 fully saturated rings. The molecule has 1 aliphatic rings. The van der Waals surface area contributed by atoms with Gasteiger partial charge >= 0.3 is 0 Å². The van der Waals surface area contributed by atoms with E-state index in [1.165, 1.54) is 12.1 Å². The van der Waals surface area contributed by atoms with Crippen LogP contribution in [-0.2, 0) is 11.3 Å². The summed E-state index contributed by atoms with van der Waals surface area (Å²) in [5, 5.41) is 14.3. The van der Waals surface area contributed by atoms with Gasteiger partial charge in [-0.25, -0.2) is 4.39 Å². The Labute approximate surface area is 140 Å². The standard InChI is InChI=1S/C17H22FN3O3/c18-14-2-4-16(5-3-14)24-13-15(22)10-20-8-9-23-17(11-20)12-21-7-1-6-19-21/h1-7,15,17,22H,8-13H2/t15-,17-/m0/s1. The fraction of sp³-hybridized carbons (Fsp3) is 0.471. The minimum absolute atomic E-state index is 0.0591. The number of ether oxygens (including phenoxy) is 2. The monoisotopic (exact) mass is 335 g/mol. The largest absolute Gasteiger partial charge is 0.491 e. The van der Waals surface area contributed by atoms with Crippen molar-refractivity contribution in [3.8, 4) is 5.75 Å². The Morgan fingerprint density at radius 2 is 2.21 bits per heavy atom. The molecule has 2 heterocycles. The van der Waals surface area contributed by atoms with Gasteiger partial charge in [-0.3, -0.25) is 9.58 Å². The smallest absolute Gasteiger partial charge is 0.123 e. The highest BCUT2D eigenvalue weighted by molar-refractivity contribution is 5.22. The van der Waals surface area contributed by atoms with Gasteiger partial charge in [0.25, 0.3) is 0 Å². The highest BCUT2D eigenvalue weighted by Gasteiger charge is 2.23. The number of morpholine rings is 1. The summed E-state index contributed by atoms with van der Waals surface area (Å²) in [5.74, 6) is 0.244. The zero-order chi connectivity index (χ0) is 16.8. The quantitative estimate of drug-likeness (QED) is 0.823. The molecule has 3 rings (SSSR count). The van der Waals surface area contributed by atoms with Gasteiger partial charge in [0.1, 0.15) is 24.3 Å². The second-order valence-electron chi connectivity index (χ2n) is 5.90. The highest BCUT2D eigenvalue weighted by atomic mass is 19.1. The molecule has 6 nitrogen and oxygen atoms in total. The first-order valence-corrected chi connectivity index (χ1v) is 8.07. The SMILES string of the molecule is O[C@H](COc1ccc(F)cc1)CN1CCO[C@H](Cn2cccn2)C1. The molecule has 130 valence electrons. The lowest BCUT2D eigenvalue weighted by Crippen LogP contribution is -2.47. The predicted molar refractivity (Wildman–Crippen MR) is 86.3 cm³/mol. The van der Waals surface area contributed by atoms with Gasteiger partial charge in [0.2, 0.25) is 0 Å². The number of benzene rings is 1. The van der Waals surface area contributed by atoms with Crippen LogP contribution in [-0.4, -0.2) is 64.8 Å². The summed E-state index contributed by atoms with van der Waals surface area (Å²) in [6.45, 7) is 3.55. The van der Waals surface area contributed by atoms with Gasteiger partial charge in [0.15, 0.2) is 0 Å². The summed E-state index contributed by atoms with van der Waals surface area (Å²) in [6, 6.07) is 7.66. The van der Waals surface area contributed by atoms with Crippen molar-refractivity contribution in [2.24, 2.45) is 0 Å². The van der Waals surface area contributed by atoms with Gasteiger partial charge in [-0.1, -0.05) is 0 Å². The predicted octanol–water partition coefficient (Wildman–Crippen LogP) is 1.16. The maximum absolute atomic E-state index is 12.8. The van der Waals surface area contributed by atoms with Crippen molar-refractivity contribution in [3.05, 3.63) is 48.5 Å². The number of aliphatic hydroxyl groups is 1. The first-order chi connectivity index (χ1) is 11.7. The van der Waals surface area contributed by atoms with Crippen molar-refractivity contribution in [1.29, 1.82) is 0 Å². The van der Waals surface area contributed by atoms with Gasteiger partial charge in [-0.2, -0.15) is 5.10 Å². The molecule has 1 aromatic carbocycles. The molecule has 0 bridgehead atoms. The summed E-state index contributed by atoms with van der Waals surface area (Å²) in [4.78, 5) is 2.16. The maximum atomic E-state index is 12.8. The molecule has 1 saturated heterocycles. The van der Waals surface area contributed by atoms with Gasteiger partial charge in [-0.15, -0.1) is 0 Å². The van der Waals surface area contributed by atoms with Crippen LogP contribution in [0.3, 0.4) is 0 Å². The van der Waals surface area contributed by atoms with Crippen LogP contribution in [0.4, 0.5) is 4.39 Å². The molecular weight excluding hydrogens is 313 g/mol. The molecule has 7 heteroatoms. The van der Waals surface area contributed by atoms with Crippen LogP contribution < -0.4 is 4.74 Å². The zero-order valence-electron chi connectivity index (χ0n) is 13.4. The Hall–Kier alpha value is -1.96. The van der Waals surface area contributed by atoms with Gasteiger partial charge in [0.05, 0.1) is 19.3 Å². The van der Waals surface area contributed by atoms with E-state index in [-0.39, 0.29) is 18.5 Å². The minimum atomic E-state index is -0.612. The Morgan fingerprint density at radius 1 is 1.38 bits per heavy atom. The van der Waals surface area contributed by atoms with Crippen molar-refractivity contribution >= 4 is 0 Å². The molecule has 0 aliphatic carbocycles. The molecule has 0 amide bonds. The fourth-order valence-corrected chi connectivity index (χ4v) is 2.75.